The molecule has 6 amide bonds. The lowest BCUT2D eigenvalue weighted by Crippen LogP contribution is -2.54. The highest BCUT2D eigenvalue weighted by molar-refractivity contribution is 6.23. The average Bonchev–Trinajstić information content (AvgIpc) is 3.81. The van der Waals surface area contributed by atoms with E-state index in [-0.39, 0.29) is 60.2 Å². The number of anilines is 1. The molecule has 5 aliphatic rings. The van der Waals surface area contributed by atoms with Crippen LogP contribution in [-0.4, -0.2) is 157 Å². The molecule has 0 unspecified atom stereocenters. The summed E-state index contributed by atoms with van der Waals surface area (Å²) in [5, 5.41) is 8.77. The van der Waals surface area contributed by atoms with Crippen LogP contribution in [0.5, 0.6) is 5.75 Å². The van der Waals surface area contributed by atoms with Crippen LogP contribution in [-0.2, 0) is 14.4 Å². The largest absolute Gasteiger partial charge is 0.484 e. The van der Waals surface area contributed by atoms with Gasteiger partial charge in [-0.25, -0.2) is 19.9 Å². The Labute approximate surface area is 363 Å². The zero-order chi connectivity index (χ0) is 43.6. The number of aromatic nitrogens is 5. The molecule has 63 heavy (non-hydrogen) atoms. The maximum atomic E-state index is 13.2. The summed E-state index contributed by atoms with van der Waals surface area (Å²) in [7, 11) is 0. The van der Waals surface area contributed by atoms with Gasteiger partial charge in [-0.1, -0.05) is 6.07 Å². The zero-order valence-corrected chi connectivity index (χ0v) is 35.3. The summed E-state index contributed by atoms with van der Waals surface area (Å²) in [6.07, 6.45) is 7.94. The van der Waals surface area contributed by atoms with E-state index in [4.69, 9.17) is 4.74 Å². The number of benzene rings is 1. The quantitative estimate of drug-likeness (QED) is 0.122. The highest BCUT2D eigenvalue weighted by atomic mass is 16.5. The number of hydrogen-bond acceptors (Lipinski definition) is 14. The molecule has 3 saturated heterocycles. The molecule has 19 nitrogen and oxygen atoms in total. The van der Waals surface area contributed by atoms with Gasteiger partial charge in [0.1, 0.15) is 29.3 Å². The van der Waals surface area contributed by atoms with Gasteiger partial charge in [-0.3, -0.25) is 39.0 Å². The van der Waals surface area contributed by atoms with E-state index in [1.165, 1.54) is 12.1 Å². The van der Waals surface area contributed by atoms with Crippen molar-refractivity contribution in [3.63, 3.8) is 0 Å². The number of imidazole rings is 1. The zero-order valence-electron chi connectivity index (χ0n) is 35.3. The van der Waals surface area contributed by atoms with Crippen molar-refractivity contribution in [1.29, 1.82) is 0 Å². The monoisotopic (exact) mass is 860 g/mol. The SMILES string of the molecule is Cc1cccc(C(=O)NC2CC(n3cnc4c(NCCCN5CCN(CC6CCN(C(=O)COc7ccc8c(c7)C(=O)N([C@@H]7CCC(=O)NC7=O)C8=O)CC6)CC5)ncnc43)C2)n1. The number of pyridine rings is 1. The molecule has 19 heteroatoms. The van der Waals surface area contributed by atoms with Crippen molar-refractivity contribution >= 4 is 52.4 Å². The summed E-state index contributed by atoms with van der Waals surface area (Å²) < 4.78 is 7.87. The number of likely N-dealkylation sites (tertiary alicyclic amines) is 1. The molecule has 1 saturated carbocycles. The Balaban J connectivity index is 0.652. The molecule has 3 aromatic heterocycles. The Morgan fingerprint density at radius 3 is 2.44 bits per heavy atom. The fourth-order valence-corrected chi connectivity index (χ4v) is 9.32. The molecule has 4 aromatic rings. The maximum absolute atomic E-state index is 13.2. The third kappa shape index (κ3) is 9.11. The molecule has 3 N–H and O–H groups in total. The number of carbonyl (C=O) groups is 6. The van der Waals surface area contributed by atoms with Gasteiger partial charge < -0.3 is 34.6 Å². The lowest BCUT2D eigenvalue weighted by atomic mass is 9.86. The minimum atomic E-state index is -1.04. The van der Waals surface area contributed by atoms with Crippen molar-refractivity contribution in [2.45, 2.75) is 70.0 Å². The number of hydrogen-bond donors (Lipinski definition) is 3. The summed E-state index contributed by atoms with van der Waals surface area (Å²) in [5.41, 5.74) is 3.06. The van der Waals surface area contributed by atoms with Crippen molar-refractivity contribution in [3.8, 4) is 5.75 Å². The van der Waals surface area contributed by atoms with Gasteiger partial charge in [-0.2, -0.15) is 0 Å². The van der Waals surface area contributed by atoms with Crippen LogP contribution in [0.25, 0.3) is 11.2 Å². The first-order chi connectivity index (χ1) is 30.6. The molecule has 4 fully saturated rings. The van der Waals surface area contributed by atoms with E-state index in [1.54, 1.807) is 18.5 Å². The van der Waals surface area contributed by atoms with Gasteiger partial charge in [-0.15, -0.1) is 0 Å². The summed E-state index contributed by atoms with van der Waals surface area (Å²) in [4.78, 5) is 102. The van der Waals surface area contributed by atoms with Crippen LogP contribution in [0.15, 0.2) is 49.1 Å². The van der Waals surface area contributed by atoms with Gasteiger partial charge in [0.25, 0.3) is 23.6 Å². The lowest BCUT2D eigenvalue weighted by Gasteiger charge is -2.39. The molecule has 330 valence electrons. The highest BCUT2D eigenvalue weighted by Gasteiger charge is 2.45. The molecule has 0 spiro atoms. The molecule has 1 aliphatic carbocycles. The molecule has 1 aromatic carbocycles. The van der Waals surface area contributed by atoms with Gasteiger partial charge in [0.15, 0.2) is 18.1 Å². The molecule has 1 atom stereocenters. The molecule has 9 rings (SSSR count). The number of nitrogens with zero attached hydrogens (tertiary/aromatic N) is 9. The summed E-state index contributed by atoms with van der Waals surface area (Å²) in [6.45, 7) is 9.82. The van der Waals surface area contributed by atoms with Gasteiger partial charge in [0, 0.05) is 76.6 Å². The summed E-state index contributed by atoms with van der Waals surface area (Å²) in [5.74, 6) is -1.05. The van der Waals surface area contributed by atoms with E-state index in [2.05, 4.69) is 50.3 Å². The number of ether oxygens (including phenoxy) is 1. The fraction of sp³-hybridized carbons (Fsp3) is 0.500. The van der Waals surface area contributed by atoms with Crippen LogP contribution in [0.2, 0.25) is 0 Å². The molecule has 0 radical (unpaired) electrons. The number of nitrogens with one attached hydrogen (secondary N) is 3. The molecule has 0 bridgehead atoms. The molecular weight excluding hydrogens is 809 g/mol. The first-order valence-electron chi connectivity index (χ1n) is 21.9. The van der Waals surface area contributed by atoms with E-state index in [1.807, 2.05) is 30.3 Å². The van der Waals surface area contributed by atoms with Crippen molar-refractivity contribution in [1.82, 2.24) is 54.7 Å². The average molecular weight is 861 g/mol. The standard InChI is InChI=1S/C44H52N12O7/c1-27-4-2-5-34(49-27)41(59)50-29-20-30(21-29)55-26-48-38-39(46-25-47-40(38)55)45-12-3-13-52-16-18-53(19-17-52)23-28-10-14-54(15-11-28)37(58)24-63-31-6-7-32-33(22-31)44(62)56(43(32)61)35-8-9-36(57)51-42(35)60/h2,4-7,22,25-26,28-30,35H,3,8-21,23-24H2,1H3,(H,50,59)(H,45,46,47)(H,51,57,60)/t29?,30?,35-/m1/s1. The van der Waals surface area contributed by atoms with E-state index in [0.29, 0.717) is 24.7 Å². The van der Waals surface area contributed by atoms with Crippen molar-refractivity contribution in [2.24, 2.45) is 5.92 Å². The van der Waals surface area contributed by atoms with Crippen LogP contribution < -0.4 is 20.7 Å². The van der Waals surface area contributed by atoms with E-state index in [9.17, 15) is 28.8 Å². The van der Waals surface area contributed by atoms with Crippen LogP contribution in [0.4, 0.5) is 5.82 Å². The number of piperidine rings is 2. The van der Waals surface area contributed by atoms with Crippen LogP contribution >= 0.6 is 0 Å². The Hall–Kier alpha value is -6.34. The second kappa shape index (κ2) is 18.2. The predicted octanol–water partition coefficient (Wildman–Crippen LogP) is 1.80. The highest BCUT2D eigenvalue weighted by Crippen LogP contribution is 2.35. The van der Waals surface area contributed by atoms with Crippen LogP contribution in [0, 0.1) is 12.8 Å². The summed E-state index contributed by atoms with van der Waals surface area (Å²) >= 11 is 0. The van der Waals surface area contributed by atoms with Crippen molar-refractivity contribution in [2.75, 3.05) is 70.8 Å². The van der Waals surface area contributed by atoms with Crippen LogP contribution in [0.3, 0.4) is 0 Å². The Bertz CT molecular complexity index is 2420. The van der Waals surface area contributed by atoms with Crippen molar-refractivity contribution in [3.05, 3.63) is 71.6 Å². The second-order valence-electron chi connectivity index (χ2n) is 17.2. The third-order valence-corrected chi connectivity index (χ3v) is 13.0. The maximum Gasteiger partial charge on any atom is 0.270 e. The number of imide groups is 2. The minimum Gasteiger partial charge on any atom is -0.484 e. The smallest absolute Gasteiger partial charge is 0.270 e. The summed E-state index contributed by atoms with van der Waals surface area (Å²) in [6, 6.07) is 9.15. The first-order valence-corrected chi connectivity index (χ1v) is 21.9. The molecule has 7 heterocycles. The van der Waals surface area contributed by atoms with Gasteiger partial charge in [-0.05, 0) is 88.2 Å². The molecule has 4 aliphatic heterocycles. The minimum absolute atomic E-state index is 0.0448. The first kappa shape index (κ1) is 42.0. The fourth-order valence-electron chi connectivity index (χ4n) is 9.32. The normalized spacial score (nSPS) is 22.2. The van der Waals surface area contributed by atoms with Crippen LogP contribution in [0.1, 0.15) is 87.9 Å². The number of aryl methyl sites for hydroxylation is 1. The third-order valence-electron chi connectivity index (χ3n) is 13.0. The number of fused-ring (bicyclic) bond motifs is 2. The van der Waals surface area contributed by atoms with Gasteiger partial charge in [0.05, 0.1) is 17.5 Å². The predicted molar refractivity (Wildman–Crippen MR) is 228 cm³/mol. The Kier molecular flexibility index (Phi) is 12.1. The van der Waals surface area contributed by atoms with E-state index in [0.717, 1.165) is 105 Å². The Morgan fingerprint density at radius 1 is 0.889 bits per heavy atom. The number of carbonyl (C=O) groups excluding carboxylic acids is 6. The van der Waals surface area contributed by atoms with Crippen molar-refractivity contribution < 1.29 is 33.5 Å². The number of amides is 6. The molecular formula is C44H52N12O7. The van der Waals surface area contributed by atoms with E-state index >= 15 is 0 Å². The number of piperazine rings is 1. The Morgan fingerprint density at radius 2 is 1.67 bits per heavy atom. The van der Waals surface area contributed by atoms with Gasteiger partial charge >= 0.3 is 0 Å². The van der Waals surface area contributed by atoms with E-state index < -0.39 is 29.7 Å². The van der Waals surface area contributed by atoms with Gasteiger partial charge in [0.2, 0.25) is 11.8 Å². The number of rotatable bonds is 14. The lowest BCUT2D eigenvalue weighted by molar-refractivity contribution is -0.136. The second-order valence-corrected chi connectivity index (χ2v) is 17.2. The topological polar surface area (TPSA) is 217 Å².